The van der Waals surface area contributed by atoms with Gasteiger partial charge in [-0.15, -0.1) is 17.4 Å². The second-order valence-electron chi connectivity index (χ2n) is 13.7. The van der Waals surface area contributed by atoms with Gasteiger partial charge in [0.05, 0.1) is 41.6 Å². The maximum Gasteiger partial charge on any atom is 2.00 e. The molecule has 0 aliphatic rings. The van der Waals surface area contributed by atoms with Gasteiger partial charge in [0, 0.05) is 23.0 Å². The Morgan fingerprint density at radius 1 is 0.682 bits per heavy atom. The van der Waals surface area contributed by atoms with Crippen LogP contribution in [-0.4, -0.2) is 49.4 Å². The van der Waals surface area contributed by atoms with Crippen LogP contribution in [0.4, 0.5) is 13.2 Å². The van der Waals surface area contributed by atoms with E-state index in [-0.39, 0.29) is 25.2 Å². The van der Waals surface area contributed by atoms with Crippen molar-refractivity contribution in [2.24, 2.45) is 0 Å². The number of aromatic nitrogens is 7. The van der Waals surface area contributed by atoms with Gasteiger partial charge in [-0.25, -0.2) is 4.98 Å². The van der Waals surface area contributed by atoms with Crippen LogP contribution in [0.25, 0.3) is 74.1 Å². The largest absolute Gasteiger partial charge is 2.00 e. The third kappa shape index (κ3) is 14.4. The molecule has 0 saturated heterocycles. The van der Waals surface area contributed by atoms with Crippen LogP contribution >= 0.6 is 11.3 Å². The second-order valence-corrected chi connectivity index (χ2v) is 14.6. The molecule has 0 saturated carbocycles. The summed E-state index contributed by atoms with van der Waals surface area (Å²) in [7, 11) is 0. The molecule has 336 valence electrons. The molecule has 66 heavy (non-hydrogen) atoms. The molecule has 0 atom stereocenters. The van der Waals surface area contributed by atoms with E-state index in [4.69, 9.17) is 0 Å². The first kappa shape index (κ1) is 49.7. The fourth-order valence-corrected chi connectivity index (χ4v) is 7.18. The summed E-state index contributed by atoms with van der Waals surface area (Å²) < 4.78 is 53.0. The Morgan fingerprint density at radius 3 is 1.83 bits per heavy atom. The molecule has 7 aromatic rings. The second kappa shape index (κ2) is 25.3. The summed E-state index contributed by atoms with van der Waals surface area (Å²) in [5.41, 5.74) is 7.23. The van der Waals surface area contributed by atoms with Gasteiger partial charge >= 0.3 is 25.7 Å². The van der Waals surface area contributed by atoms with Crippen molar-refractivity contribution in [2.75, 3.05) is 0 Å². The van der Waals surface area contributed by atoms with Gasteiger partial charge in [-0.2, -0.15) is 24.8 Å². The molecule has 7 heterocycles. The molecule has 0 unspecified atom stereocenters. The first-order valence-electron chi connectivity index (χ1n) is 19.9. The summed E-state index contributed by atoms with van der Waals surface area (Å²) >= 11 is 1.62. The molecular formula is C48H38F3N7O6RuS. The predicted molar refractivity (Wildman–Crippen MR) is 238 cm³/mol. The molecule has 0 aromatic carbocycles. The van der Waals surface area contributed by atoms with E-state index in [1.807, 2.05) is 11.4 Å². The zero-order valence-electron chi connectivity index (χ0n) is 34.9. The smallest absolute Gasteiger partial charge is 0.573 e. The van der Waals surface area contributed by atoms with Crippen molar-refractivity contribution in [1.29, 1.82) is 0 Å². The number of ether oxygens (including phenoxy) is 3. The van der Waals surface area contributed by atoms with Crippen LogP contribution in [0.3, 0.4) is 0 Å². The molecule has 0 fully saturated rings. The van der Waals surface area contributed by atoms with Crippen LogP contribution < -0.4 is 5.10 Å². The Kier molecular flexibility index (Phi) is 19.0. The number of hydrogen-bond donors (Lipinski definition) is 0. The third-order valence-electron chi connectivity index (χ3n) is 9.25. The molecule has 7 aromatic heterocycles. The topological polar surface area (TPSA) is 170 Å². The quantitative estimate of drug-likeness (QED) is 0.0187. The number of hydrogen-bond acceptors (Lipinski definition) is 13. The van der Waals surface area contributed by atoms with Gasteiger partial charge in [-0.1, -0.05) is 37.9 Å². The molecule has 7 rings (SSSR count). The van der Waals surface area contributed by atoms with E-state index in [9.17, 15) is 27.6 Å². The third-order valence-corrected chi connectivity index (χ3v) is 10.3. The van der Waals surface area contributed by atoms with E-state index < -0.39 is 11.9 Å². The Bertz CT molecular complexity index is 2700. The number of carbonyl (C=O) groups excluding carboxylic acids is 3. The van der Waals surface area contributed by atoms with Gasteiger partial charge in [0.25, 0.3) is 19.4 Å². The molecule has 0 spiro atoms. The van der Waals surface area contributed by atoms with Gasteiger partial charge in [-0.05, 0) is 137 Å². The van der Waals surface area contributed by atoms with Crippen LogP contribution in [0.5, 0.6) is 0 Å². The molecule has 0 aliphatic heterocycles. The van der Waals surface area contributed by atoms with Crippen LogP contribution in [-0.2, 0) is 60.7 Å². The maximum absolute atomic E-state index is 13.1. The van der Waals surface area contributed by atoms with Gasteiger partial charge in [-0.3, -0.25) is 29.3 Å². The normalized spacial score (nSPS) is 11.2. The number of carbonyl (C=O) groups is 3. The summed E-state index contributed by atoms with van der Waals surface area (Å²) in [6, 6.07) is 22.2. The summed E-state index contributed by atoms with van der Waals surface area (Å²) in [6.07, 6.45) is 16.1. The van der Waals surface area contributed by atoms with Gasteiger partial charge in [0.1, 0.15) is 5.69 Å². The standard InChI is InChI=1S/C24H21F3N4S.C24H17N3O6.Ru/c1-2-3-4-5-6-17-9-12-32-23(17)18-13-19(16-7-10-28-11-8-16)29-20(14-18)21-15-22(31-30-21)24(25,26)27;28-15-31-8-3-18-1-6-25-21(11-18)23-13-20(5-10-33-17-30)14-24(27-23)22-12-19(2-7-26-22)4-9-32-16-29;/h7,9-15H,2-6H2,1H3;1-17H;/q-2;;+2/b;8-3+,9-4+,10-5+;. The summed E-state index contributed by atoms with van der Waals surface area (Å²) in [6.45, 7) is 3.15. The van der Waals surface area contributed by atoms with Crippen molar-refractivity contribution < 1.29 is 61.2 Å². The van der Waals surface area contributed by atoms with Gasteiger partial charge < -0.3 is 29.4 Å². The van der Waals surface area contributed by atoms with Crippen molar-refractivity contribution in [2.45, 2.75) is 45.2 Å². The van der Waals surface area contributed by atoms with Crippen molar-refractivity contribution in [3.05, 3.63) is 150 Å². The number of rotatable bonds is 19. The van der Waals surface area contributed by atoms with Crippen molar-refractivity contribution in [1.82, 2.24) is 35.1 Å². The molecule has 0 bridgehead atoms. The number of thiophene rings is 1. The van der Waals surface area contributed by atoms with Crippen LogP contribution in [0.1, 0.15) is 60.6 Å². The molecule has 18 heteroatoms. The number of halogens is 3. The Labute approximate surface area is 394 Å². The SMILES string of the molecule is CCCCCCc1ccsc1-c1cc(-c2[c-]cncc2)nc(-c2cc(C(F)(F)F)n[n-]2)c1.O=CO/C=C/c1ccnc(-c2cc(/C=C/OC=O)cc(-c3cc(/C=C/OC=O)ccn3)n2)c1.[Ru+2]. The molecule has 0 amide bonds. The zero-order valence-corrected chi connectivity index (χ0v) is 37.5. The van der Waals surface area contributed by atoms with Crippen molar-refractivity contribution in [3.8, 4) is 55.9 Å². The fraction of sp³-hybridized carbons (Fsp3) is 0.146. The van der Waals surface area contributed by atoms with Crippen LogP contribution in [0.2, 0.25) is 0 Å². The summed E-state index contributed by atoms with van der Waals surface area (Å²) in [5.74, 6) is 0. The van der Waals surface area contributed by atoms with Crippen LogP contribution in [0, 0.1) is 6.07 Å². The van der Waals surface area contributed by atoms with Gasteiger partial charge in [0.15, 0.2) is 0 Å². The van der Waals surface area contributed by atoms with E-state index in [0.717, 1.165) is 40.5 Å². The molecule has 0 N–H and O–H groups in total. The predicted octanol–water partition coefficient (Wildman–Crippen LogP) is 10.5. The minimum Gasteiger partial charge on any atom is -0.573 e. The monoisotopic (exact) mass is 999 g/mol. The van der Waals surface area contributed by atoms with Crippen molar-refractivity contribution in [3.63, 3.8) is 0 Å². The number of pyridine rings is 5. The molecule has 13 nitrogen and oxygen atoms in total. The minimum atomic E-state index is -4.55. The van der Waals surface area contributed by atoms with E-state index in [1.165, 1.54) is 49.8 Å². The van der Waals surface area contributed by atoms with E-state index >= 15 is 0 Å². The minimum absolute atomic E-state index is 0. The van der Waals surface area contributed by atoms with Crippen molar-refractivity contribution >= 4 is 49.0 Å². The first-order valence-corrected chi connectivity index (χ1v) is 20.8. The summed E-state index contributed by atoms with van der Waals surface area (Å²) in [4.78, 5) is 54.2. The zero-order chi connectivity index (χ0) is 45.9. The average molecular weight is 999 g/mol. The Balaban J connectivity index is 0.000000244. The first-order chi connectivity index (χ1) is 31.7. The Hall–Kier alpha value is -7.30. The number of alkyl halides is 3. The molecule has 0 aliphatic carbocycles. The summed E-state index contributed by atoms with van der Waals surface area (Å²) in [5, 5.41) is 9.10. The average Bonchev–Trinajstić information content (AvgIpc) is 4.03. The van der Waals surface area contributed by atoms with Crippen LogP contribution in [0.15, 0.2) is 116 Å². The number of unbranched alkanes of at least 4 members (excludes halogenated alkanes) is 3. The van der Waals surface area contributed by atoms with E-state index in [2.05, 4.69) is 68.4 Å². The maximum atomic E-state index is 13.1. The molecule has 0 radical (unpaired) electrons. The number of aryl methyl sites for hydroxylation is 1. The van der Waals surface area contributed by atoms with E-state index in [1.54, 1.807) is 96.7 Å². The number of nitrogens with zero attached hydrogens (tertiary/aromatic N) is 7. The van der Waals surface area contributed by atoms with E-state index in [0.29, 0.717) is 64.7 Å². The fourth-order valence-electron chi connectivity index (χ4n) is 6.23. The van der Waals surface area contributed by atoms with Gasteiger partial charge in [0.2, 0.25) is 0 Å². The Morgan fingerprint density at radius 2 is 1.27 bits per heavy atom. The molecular weight excluding hydrogens is 961 g/mol.